The average molecular weight is 322 g/mol. The lowest BCUT2D eigenvalue weighted by atomic mass is 10.2. The molecule has 0 aliphatic carbocycles. The maximum absolute atomic E-state index is 10.9. The van der Waals surface area contributed by atoms with Crippen LogP contribution < -0.4 is 15.4 Å². The smallest absolute Gasteiger partial charge is 0.271 e. The van der Waals surface area contributed by atoms with Crippen LogP contribution in [-0.2, 0) is 6.54 Å². The molecule has 0 aliphatic heterocycles. The molecule has 0 atom stereocenters. The summed E-state index contributed by atoms with van der Waals surface area (Å²) in [6.45, 7) is 3.76. The van der Waals surface area contributed by atoms with Crippen molar-refractivity contribution in [2.24, 2.45) is 0 Å². The van der Waals surface area contributed by atoms with E-state index in [0.29, 0.717) is 23.1 Å². The van der Waals surface area contributed by atoms with E-state index < -0.39 is 4.92 Å². The summed E-state index contributed by atoms with van der Waals surface area (Å²) in [5, 5.41) is 19.9. The number of methoxy groups -OCH3 is 1. The molecule has 1 aromatic carbocycles. The Kier molecular flexibility index (Phi) is 5.68. The maximum Gasteiger partial charge on any atom is 0.271 e. The lowest BCUT2D eigenvalue weighted by molar-refractivity contribution is -0.384. The summed E-state index contributed by atoms with van der Waals surface area (Å²) in [4.78, 5) is 14.9. The molecular formula is C14H18N4O3S. The van der Waals surface area contributed by atoms with Gasteiger partial charge in [-0.3, -0.25) is 10.1 Å². The molecule has 0 amide bonds. The third-order valence-corrected chi connectivity index (χ3v) is 3.73. The van der Waals surface area contributed by atoms with Crippen molar-refractivity contribution in [2.45, 2.75) is 19.9 Å². The second kappa shape index (κ2) is 7.71. The highest BCUT2D eigenvalue weighted by molar-refractivity contribution is 7.13. The van der Waals surface area contributed by atoms with Gasteiger partial charge >= 0.3 is 0 Å². The number of hydrogen-bond acceptors (Lipinski definition) is 7. The number of rotatable bonds is 8. The Morgan fingerprint density at radius 1 is 1.45 bits per heavy atom. The molecule has 7 nitrogen and oxygen atoms in total. The van der Waals surface area contributed by atoms with E-state index in [4.69, 9.17) is 4.74 Å². The Hall–Kier alpha value is -2.19. The van der Waals surface area contributed by atoms with Crippen LogP contribution in [0.4, 0.5) is 16.5 Å². The molecule has 0 bridgehead atoms. The van der Waals surface area contributed by atoms with Crippen LogP contribution in [0.5, 0.6) is 5.75 Å². The highest BCUT2D eigenvalue weighted by atomic mass is 32.1. The van der Waals surface area contributed by atoms with Gasteiger partial charge < -0.3 is 15.4 Å². The number of nitrogens with zero attached hydrogens (tertiary/aromatic N) is 2. The first-order valence-electron chi connectivity index (χ1n) is 6.88. The molecule has 0 saturated carbocycles. The third kappa shape index (κ3) is 4.15. The number of aromatic nitrogens is 1. The van der Waals surface area contributed by atoms with Crippen LogP contribution in [0.1, 0.15) is 19.0 Å². The van der Waals surface area contributed by atoms with Gasteiger partial charge in [0.15, 0.2) is 5.13 Å². The van der Waals surface area contributed by atoms with Gasteiger partial charge in [-0.1, -0.05) is 6.92 Å². The predicted molar refractivity (Wildman–Crippen MR) is 87.0 cm³/mol. The van der Waals surface area contributed by atoms with Crippen LogP contribution in [0.2, 0.25) is 0 Å². The second-order valence-corrected chi connectivity index (χ2v) is 5.45. The minimum atomic E-state index is -0.438. The van der Waals surface area contributed by atoms with Gasteiger partial charge in [-0.15, -0.1) is 11.3 Å². The summed E-state index contributed by atoms with van der Waals surface area (Å²) in [7, 11) is 1.52. The molecule has 0 aliphatic rings. The van der Waals surface area contributed by atoms with Crippen molar-refractivity contribution < 1.29 is 9.66 Å². The number of nitro benzene ring substituents is 1. The minimum Gasteiger partial charge on any atom is -0.495 e. The summed E-state index contributed by atoms with van der Waals surface area (Å²) >= 11 is 1.45. The summed E-state index contributed by atoms with van der Waals surface area (Å²) in [5.74, 6) is 0.534. The maximum atomic E-state index is 10.9. The Morgan fingerprint density at radius 3 is 2.95 bits per heavy atom. The zero-order chi connectivity index (χ0) is 15.9. The van der Waals surface area contributed by atoms with E-state index in [1.807, 2.05) is 5.38 Å². The van der Waals surface area contributed by atoms with Crippen LogP contribution in [0, 0.1) is 10.1 Å². The van der Waals surface area contributed by atoms with E-state index in [2.05, 4.69) is 22.5 Å². The van der Waals surface area contributed by atoms with Crippen LogP contribution in [0.25, 0.3) is 0 Å². The third-order valence-electron chi connectivity index (χ3n) is 2.92. The predicted octanol–water partition coefficient (Wildman–Crippen LogP) is 3.30. The SMILES string of the molecule is CCCNCc1csc(Nc2cc([N+](=O)[O-])ccc2OC)n1. The molecule has 2 aromatic rings. The number of hydrogen-bond donors (Lipinski definition) is 2. The number of anilines is 2. The van der Waals surface area contributed by atoms with E-state index in [1.165, 1.54) is 30.6 Å². The zero-order valence-electron chi connectivity index (χ0n) is 12.5. The molecule has 8 heteroatoms. The topological polar surface area (TPSA) is 89.3 Å². The van der Waals surface area contributed by atoms with Crippen molar-refractivity contribution in [1.29, 1.82) is 0 Å². The first-order chi connectivity index (χ1) is 10.6. The highest BCUT2D eigenvalue weighted by Gasteiger charge is 2.12. The van der Waals surface area contributed by atoms with Crippen LogP contribution in [0.3, 0.4) is 0 Å². The molecule has 0 unspecified atom stereocenters. The van der Waals surface area contributed by atoms with Gasteiger partial charge in [0, 0.05) is 24.1 Å². The van der Waals surface area contributed by atoms with Gasteiger partial charge in [0.1, 0.15) is 5.75 Å². The van der Waals surface area contributed by atoms with E-state index in [9.17, 15) is 10.1 Å². The van der Waals surface area contributed by atoms with Crippen molar-refractivity contribution in [1.82, 2.24) is 10.3 Å². The second-order valence-electron chi connectivity index (χ2n) is 4.59. The van der Waals surface area contributed by atoms with Crippen molar-refractivity contribution in [3.05, 3.63) is 39.4 Å². The zero-order valence-corrected chi connectivity index (χ0v) is 13.3. The Balaban J connectivity index is 2.12. The molecule has 118 valence electrons. The number of ether oxygens (including phenoxy) is 1. The first-order valence-corrected chi connectivity index (χ1v) is 7.76. The lowest BCUT2D eigenvalue weighted by Gasteiger charge is -2.08. The Bertz CT molecular complexity index is 645. The molecule has 0 radical (unpaired) electrons. The fraction of sp³-hybridized carbons (Fsp3) is 0.357. The van der Waals surface area contributed by atoms with Gasteiger partial charge in [-0.05, 0) is 19.0 Å². The molecule has 0 fully saturated rings. The van der Waals surface area contributed by atoms with Crippen LogP contribution >= 0.6 is 11.3 Å². The minimum absolute atomic E-state index is 0.00434. The Labute approximate surface area is 132 Å². The van der Waals surface area contributed by atoms with Gasteiger partial charge in [-0.2, -0.15) is 0 Å². The quantitative estimate of drug-likeness (QED) is 0.440. The fourth-order valence-corrected chi connectivity index (χ4v) is 2.58. The molecule has 2 N–H and O–H groups in total. The number of thiazole rings is 1. The normalized spacial score (nSPS) is 10.5. The monoisotopic (exact) mass is 322 g/mol. The number of benzene rings is 1. The van der Waals surface area contributed by atoms with Crippen LogP contribution in [0.15, 0.2) is 23.6 Å². The van der Waals surface area contributed by atoms with Gasteiger partial charge in [0.05, 0.1) is 23.4 Å². The standard InChI is InChI=1S/C14H18N4O3S/c1-3-6-15-8-10-9-22-14(16-10)17-12-7-11(18(19)20)4-5-13(12)21-2/h4-5,7,9,15H,3,6,8H2,1-2H3,(H,16,17). The highest BCUT2D eigenvalue weighted by Crippen LogP contribution is 2.32. The van der Waals surface area contributed by atoms with Gasteiger partial charge in [0.2, 0.25) is 0 Å². The number of nitro groups is 1. The average Bonchev–Trinajstić information content (AvgIpc) is 2.95. The van der Waals surface area contributed by atoms with Crippen molar-refractivity contribution in [3.63, 3.8) is 0 Å². The van der Waals surface area contributed by atoms with Crippen LogP contribution in [-0.4, -0.2) is 23.6 Å². The molecule has 22 heavy (non-hydrogen) atoms. The van der Waals surface area contributed by atoms with Crippen molar-refractivity contribution >= 4 is 27.8 Å². The summed E-state index contributed by atoms with van der Waals surface area (Å²) in [5.41, 5.74) is 1.47. The number of non-ortho nitro benzene ring substituents is 1. The summed E-state index contributed by atoms with van der Waals surface area (Å²) in [6, 6.07) is 4.42. The van der Waals surface area contributed by atoms with Gasteiger partial charge in [-0.25, -0.2) is 4.98 Å². The lowest BCUT2D eigenvalue weighted by Crippen LogP contribution is -2.13. The van der Waals surface area contributed by atoms with Crippen molar-refractivity contribution in [3.8, 4) is 5.75 Å². The molecule has 0 saturated heterocycles. The molecule has 1 aromatic heterocycles. The van der Waals surface area contributed by atoms with E-state index >= 15 is 0 Å². The van der Waals surface area contributed by atoms with Gasteiger partial charge in [0.25, 0.3) is 5.69 Å². The Morgan fingerprint density at radius 2 is 2.27 bits per heavy atom. The summed E-state index contributed by atoms with van der Waals surface area (Å²) < 4.78 is 5.22. The van der Waals surface area contributed by atoms with E-state index in [-0.39, 0.29) is 5.69 Å². The molecule has 2 rings (SSSR count). The van der Waals surface area contributed by atoms with Crippen molar-refractivity contribution in [2.75, 3.05) is 19.0 Å². The molecule has 1 heterocycles. The molecule has 0 spiro atoms. The fourth-order valence-electron chi connectivity index (χ4n) is 1.86. The number of nitrogens with one attached hydrogen (secondary N) is 2. The molecular weight excluding hydrogens is 304 g/mol. The largest absolute Gasteiger partial charge is 0.495 e. The first kappa shape index (κ1) is 16.2. The summed E-state index contributed by atoms with van der Waals surface area (Å²) in [6.07, 6.45) is 1.07. The van der Waals surface area contributed by atoms with E-state index in [0.717, 1.165) is 18.7 Å². The van der Waals surface area contributed by atoms with E-state index in [1.54, 1.807) is 6.07 Å².